The fourth-order valence-electron chi connectivity index (χ4n) is 2.69. The second-order valence-corrected chi connectivity index (χ2v) is 8.38. The summed E-state index contributed by atoms with van der Waals surface area (Å²) in [5.41, 5.74) is 8.14. The number of halogens is 2. The Morgan fingerprint density at radius 2 is 1.75 bits per heavy atom. The average Bonchev–Trinajstić information content (AvgIpc) is 3.04. The van der Waals surface area contributed by atoms with Gasteiger partial charge in [0.1, 0.15) is 10.7 Å². The van der Waals surface area contributed by atoms with E-state index in [2.05, 4.69) is 19.9 Å². The van der Waals surface area contributed by atoms with Crippen LogP contribution in [-0.4, -0.2) is 23.6 Å². The number of anilines is 2. The first-order chi connectivity index (χ1) is 13.3. The van der Waals surface area contributed by atoms with Crippen LogP contribution in [-0.2, 0) is 10.0 Å². The van der Waals surface area contributed by atoms with Crippen molar-refractivity contribution in [2.45, 2.75) is 4.90 Å². The second kappa shape index (κ2) is 6.97. The van der Waals surface area contributed by atoms with Crippen molar-refractivity contribution in [3.63, 3.8) is 0 Å². The maximum atomic E-state index is 12.6. The minimum Gasteiger partial charge on any atom is -0.384 e. The molecule has 0 unspecified atom stereocenters. The standard InChI is InChI=1S/C18H13Cl2N5O2S/c19-13-2-1-3-15(16(13)20)28(26,27)25-11-6-4-10(5-7-11)14-9-8-12-17(21)23-24-18(12)22-14/h1-9,25H,(H3,21,22,23,24). The first-order valence-corrected chi connectivity index (χ1v) is 10.3. The molecule has 2 heterocycles. The quantitative estimate of drug-likeness (QED) is 0.443. The van der Waals surface area contributed by atoms with Crippen LogP contribution in [0.5, 0.6) is 0 Å². The van der Waals surface area contributed by atoms with Gasteiger partial charge in [-0.15, -0.1) is 0 Å². The van der Waals surface area contributed by atoms with Gasteiger partial charge in [0.25, 0.3) is 10.0 Å². The number of hydrogen-bond acceptors (Lipinski definition) is 5. The Bertz CT molecular complexity index is 1290. The van der Waals surface area contributed by atoms with Crippen molar-refractivity contribution >= 4 is 55.8 Å². The van der Waals surface area contributed by atoms with E-state index in [9.17, 15) is 8.42 Å². The van der Waals surface area contributed by atoms with Crippen molar-refractivity contribution in [1.82, 2.24) is 15.2 Å². The number of rotatable bonds is 4. The van der Waals surface area contributed by atoms with Gasteiger partial charge in [-0.1, -0.05) is 41.4 Å². The predicted octanol–water partition coefficient (Wildman–Crippen LogP) is 4.31. The van der Waals surface area contributed by atoms with E-state index in [0.717, 1.165) is 10.9 Å². The van der Waals surface area contributed by atoms with Crippen molar-refractivity contribution in [3.8, 4) is 11.3 Å². The van der Waals surface area contributed by atoms with Gasteiger partial charge in [-0.05, 0) is 36.4 Å². The fraction of sp³-hybridized carbons (Fsp3) is 0. The molecule has 4 N–H and O–H groups in total. The van der Waals surface area contributed by atoms with Crippen LogP contribution in [0, 0.1) is 0 Å². The highest BCUT2D eigenvalue weighted by molar-refractivity contribution is 7.92. The van der Waals surface area contributed by atoms with E-state index in [1.54, 1.807) is 24.3 Å². The number of aromatic nitrogens is 3. The fourth-order valence-corrected chi connectivity index (χ4v) is 4.51. The monoisotopic (exact) mass is 433 g/mol. The first-order valence-electron chi connectivity index (χ1n) is 8.03. The number of nitrogens with one attached hydrogen (secondary N) is 2. The molecule has 0 aliphatic heterocycles. The average molecular weight is 434 g/mol. The van der Waals surface area contributed by atoms with Crippen LogP contribution < -0.4 is 10.5 Å². The van der Waals surface area contributed by atoms with Crippen molar-refractivity contribution in [2.75, 3.05) is 10.5 Å². The summed E-state index contributed by atoms with van der Waals surface area (Å²) >= 11 is 11.9. The topological polar surface area (TPSA) is 114 Å². The molecule has 4 rings (SSSR count). The molecule has 0 radical (unpaired) electrons. The molecule has 0 amide bonds. The molecule has 7 nitrogen and oxygen atoms in total. The molecule has 4 aromatic rings. The van der Waals surface area contributed by atoms with Gasteiger partial charge in [0.2, 0.25) is 0 Å². The summed E-state index contributed by atoms with van der Waals surface area (Å²) in [6.07, 6.45) is 0. The molecule has 10 heteroatoms. The molecule has 0 atom stereocenters. The number of fused-ring (bicyclic) bond motifs is 1. The molecular weight excluding hydrogens is 421 g/mol. The zero-order chi connectivity index (χ0) is 19.9. The van der Waals surface area contributed by atoms with Crippen molar-refractivity contribution < 1.29 is 8.42 Å². The third-order valence-electron chi connectivity index (χ3n) is 4.09. The van der Waals surface area contributed by atoms with E-state index >= 15 is 0 Å². The van der Waals surface area contributed by atoms with Crippen molar-refractivity contribution in [1.29, 1.82) is 0 Å². The lowest BCUT2D eigenvalue weighted by atomic mass is 10.1. The van der Waals surface area contributed by atoms with E-state index in [0.29, 0.717) is 22.8 Å². The van der Waals surface area contributed by atoms with Crippen LogP contribution in [0.1, 0.15) is 0 Å². The maximum Gasteiger partial charge on any atom is 0.263 e. The molecule has 0 aliphatic rings. The summed E-state index contributed by atoms with van der Waals surface area (Å²) in [7, 11) is -3.88. The Labute approximate surface area is 170 Å². The Hall–Kier alpha value is -2.81. The molecule has 142 valence electrons. The third-order valence-corrected chi connectivity index (χ3v) is 6.44. The van der Waals surface area contributed by atoms with Crippen LogP contribution in [0.2, 0.25) is 10.0 Å². The molecule has 0 saturated carbocycles. The smallest absolute Gasteiger partial charge is 0.263 e. The van der Waals surface area contributed by atoms with E-state index in [4.69, 9.17) is 28.9 Å². The van der Waals surface area contributed by atoms with Crippen molar-refractivity contribution in [3.05, 3.63) is 64.6 Å². The van der Waals surface area contributed by atoms with Gasteiger partial charge < -0.3 is 5.73 Å². The molecule has 0 saturated heterocycles. The SMILES string of the molecule is Nc1[nH]nc2nc(-c3ccc(NS(=O)(=O)c4cccc(Cl)c4Cl)cc3)ccc12. The number of H-pyrrole nitrogens is 1. The lowest BCUT2D eigenvalue weighted by Gasteiger charge is -2.10. The van der Waals surface area contributed by atoms with Gasteiger partial charge in [0.05, 0.1) is 21.1 Å². The van der Waals surface area contributed by atoms with E-state index in [1.807, 2.05) is 12.1 Å². The Morgan fingerprint density at radius 1 is 1.00 bits per heavy atom. The second-order valence-electron chi connectivity index (χ2n) is 5.94. The highest BCUT2D eigenvalue weighted by atomic mass is 35.5. The summed E-state index contributed by atoms with van der Waals surface area (Å²) in [6.45, 7) is 0. The highest BCUT2D eigenvalue weighted by Crippen LogP contribution is 2.30. The van der Waals surface area contributed by atoms with Gasteiger partial charge >= 0.3 is 0 Å². The van der Waals surface area contributed by atoms with Crippen LogP contribution in [0.15, 0.2) is 59.5 Å². The predicted molar refractivity (Wildman–Crippen MR) is 111 cm³/mol. The summed E-state index contributed by atoms with van der Waals surface area (Å²) in [5, 5.41) is 7.61. The first kappa shape index (κ1) is 18.5. The summed E-state index contributed by atoms with van der Waals surface area (Å²) in [6, 6.07) is 14.9. The number of nitrogen functional groups attached to an aromatic ring is 1. The number of hydrogen-bond donors (Lipinski definition) is 3. The van der Waals surface area contributed by atoms with Crippen molar-refractivity contribution in [2.24, 2.45) is 0 Å². The minimum absolute atomic E-state index is 0.0240. The molecule has 0 spiro atoms. The van der Waals surface area contributed by atoms with E-state index in [1.165, 1.54) is 18.2 Å². The Morgan fingerprint density at radius 3 is 2.50 bits per heavy atom. The number of nitrogens with two attached hydrogens (primary N) is 1. The Balaban J connectivity index is 1.61. The van der Waals surface area contributed by atoms with Gasteiger partial charge in [-0.2, -0.15) is 5.10 Å². The molecule has 0 aliphatic carbocycles. The van der Waals surface area contributed by atoms with Crippen LogP contribution in [0.3, 0.4) is 0 Å². The van der Waals surface area contributed by atoms with Gasteiger partial charge in [-0.25, -0.2) is 13.4 Å². The third kappa shape index (κ3) is 3.37. The highest BCUT2D eigenvalue weighted by Gasteiger charge is 2.19. The Kier molecular flexibility index (Phi) is 4.62. The molecule has 28 heavy (non-hydrogen) atoms. The molecular formula is C18H13Cl2N5O2S. The van der Waals surface area contributed by atoms with Gasteiger partial charge in [0, 0.05) is 11.3 Å². The number of benzene rings is 2. The number of aromatic amines is 1. The van der Waals surface area contributed by atoms with Crippen LogP contribution in [0.25, 0.3) is 22.3 Å². The largest absolute Gasteiger partial charge is 0.384 e. The summed E-state index contributed by atoms with van der Waals surface area (Å²) < 4.78 is 27.7. The molecule has 0 bridgehead atoms. The van der Waals surface area contributed by atoms with E-state index < -0.39 is 10.0 Å². The normalized spacial score (nSPS) is 11.6. The maximum absolute atomic E-state index is 12.6. The van der Waals surface area contributed by atoms with E-state index in [-0.39, 0.29) is 14.9 Å². The number of pyridine rings is 1. The summed E-state index contributed by atoms with van der Waals surface area (Å²) in [5.74, 6) is 0.457. The lowest BCUT2D eigenvalue weighted by Crippen LogP contribution is -2.13. The lowest BCUT2D eigenvalue weighted by molar-refractivity contribution is 0.601. The van der Waals surface area contributed by atoms with Crippen LogP contribution in [0.4, 0.5) is 11.5 Å². The number of nitrogens with zero attached hydrogens (tertiary/aromatic N) is 2. The van der Waals surface area contributed by atoms with Crippen LogP contribution >= 0.6 is 23.2 Å². The molecule has 2 aromatic carbocycles. The zero-order valence-corrected chi connectivity index (χ0v) is 16.5. The zero-order valence-electron chi connectivity index (χ0n) is 14.1. The van der Waals surface area contributed by atoms with Gasteiger partial charge in [0.15, 0.2) is 5.65 Å². The summed E-state index contributed by atoms with van der Waals surface area (Å²) in [4.78, 5) is 4.36. The minimum atomic E-state index is -3.88. The molecule has 2 aromatic heterocycles. The molecule has 0 fully saturated rings. The number of sulfonamides is 1. The van der Waals surface area contributed by atoms with Gasteiger partial charge in [-0.3, -0.25) is 9.82 Å².